The minimum Gasteiger partial charge on any atom is -0.433 e. The van der Waals surface area contributed by atoms with Crippen molar-refractivity contribution in [3.05, 3.63) is 108 Å². The van der Waals surface area contributed by atoms with Gasteiger partial charge in [-0.1, -0.05) is 91.0 Å². The SMILES string of the molecule is N#CC(=O)OC(c1ccccc1)(c1ccccc1)c1ccccc1. The molecule has 0 saturated carbocycles. The third-order valence-electron chi connectivity index (χ3n) is 3.88. The summed E-state index contributed by atoms with van der Waals surface area (Å²) in [5, 5.41) is 9.01. The molecule has 0 radical (unpaired) electrons. The van der Waals surface area contributed by atoms with Crippen molar-refractivity contribution in [3.63, 3.8) is 0 Å². The molecule has 116 valence electrons. The van der Waals surface area contributed by atoms with Crippen LogP contribution in [0.2, 0.25) is 0 Å². The van der Waals surface area contributed by atoms with E-state index < -0.39 is 11.6 Å². The van der Waals surface area contributed by atoms with Gasteiger partial charge in [0.25, 0.3) is 0 Å². The summed E-state index contributed by atoms with van der Waals surface area (Å²) in [5.41, 5.74) is 1.18. The molecule has 0 fully saturated rings. The van der Waals surface area contributed by atoms with Gasteiger partial charge in [0, 0.05) is 16.7 Å². The number of benzene rings is 3. The van der Waals surface area contributed by atoms with E-state index in [1.807, 2.05) is 91.0 Å². The third kappa shape index (κ3) is 2.78. The lowest BCUT2D eigenvalue weighted by Gasteiger charge is -2.34. The van der Waals surface area contributed by atoms with Gasteiger partial charge >= 0.3 is 5.97 Å². The lowest BCUT2D eigenvalue weighted by molar-refractivity contribution is -0.146. The molecule has 0 bridgehead atoms. The predicted molar refractivity (Wildman–Crippen MR) is 90.9 cm³/mol. The highest BCUT2D eigenvalue weighted by Crippen LogP contribution is 2.40. The van der Waals surface area contributed by atoms with Gasteiger partial charge in [-0.25, -0.2) is 4.79 Å². The summed E-state index contributed by atoms with van der Waals surface area (Å²) in [5.74, 6) is -0.924. The van der Waals surface area contributed by atoms with E-state index in [2.05, 4.69) is 0 Å². The molecule has 24 heavy (non-hydrogen) atoms. The Hall–Kier alpha value is -3.38. The molecule has 3 nitrogen and oxygen atoms in total. The number of hydrogen-bond donors (Lipinski definition) is 0. The summed E-state index contributed by atoms with van der Waals surface area (Å²) in [6, 6.07) is 29.9. The maximum atomic E-state index is 12.0. The summed E-state index contributed by atoms with van der Waals surface area (Å²) in [6.07, 6.45) is 0. The van der Waals surface area contributed by atoms with Crippen LogP contribution < -0.4 is 0 Å². The zero-order chi connectivity index (χ0) is 16.8. The van der Waals surface area contributed by atoms with Gasteiger partial charge in [0.2, 0.25) is 0 Å². The largest absolute Gasteiger partial charge is 0.433 e. The van der Waals surface area contributed by atoms with Gasteiger partial charge in [-0.15, -0.1) is 0 Å². The van der Waals surface area contributed by atoms with Gasteiger partial charge < -0.3 is 4.74 Å². The summed E-state index contributed by atoms with van der Waals surface area (Å²) in [7, 11) is 0. The molecule has 0 heterocycles. The van der Waals surface area contributed by atoms with Crippen LogP contribution in [0.25, 0.3) is 0 Å². The van der Waals surface area contributed by atoms with Gasteiger partial charge in [0.15, 0.2) is 11.7 Å². The summed E-state index contributed by atoms with van der Waals surface area (Å²) >= 11 is 0. The molecule has 0 atom stereocenters. The second kappa shape index (κ2) is 6.80. The van der Waals surface area contributed by atoms with Crippen LogP contribution in [0, 0.1) is 11.3 Å². The average molecular weight is 313 g/mol. The predicted octanol–water partition coefficient (Wildman–Crippen LogP) is 4.05. The second-order valence-electron chi connectivity index (χ2n) is 5.28. The van der Waals surface area contributed by atoms with Crippen molar-refractivity contribution < 1.29 is 9.53 Å². The lowest BCUT2D eigenvalue weighted by atomic mass is 9.80. The Bertz CT molecular complexity index is 756. The Labute approximate surface area is 140 Å². The van der Waals surface area contributed by atoms with E-state index in [1.54, 1.807) is 6.07 Å². The first-order chi connectivity index (χ1) is 11.8. The van der Waals surface area contributed by atoms with Crippen molar-refractivity contribution in [1.82, 2.24) is 0 Å². The van der Waals surface area contributed by atoms with Crippen LogP contribution >= 0.6 is 0 Å². The van der Waals surface area contributed by atoms with Crippen molar-refractivity contribution in [2.45, 2.75) is 5.60 Å². The fraction of sp³-hybridized carbons (Fsp3) is 0.0476. The molecular weight excluding hydrogens is 298 g/mol. The van der Waals surface area contributed by atoms with Crippen LogP contribution in [0.4, 0.5) is 0 Å². The zero-order valence-electron chi connectivity index (χ0n) is 12.9. The van der Waals surface area contributed by atoms with E-state index >= 15 is 0 Å². The van der Waals surface area contributed by atoms with Gasteiger partial charge in [-0.05, 0) is 0 Å². The van der Waals surface area contributed by atoms with Crippen molar-refractivity contribution >= 4 is 5.97 Å². The van der Waals surface area contributed by atoms with E-state index in [9.17, 15) is 4.79 Å². The van der Waals surface area contributed by atoms with Crippen LogP contribution in [0.1, 0.15) is 16.7 Å². The van der Waals surface area contributed by atoms with Crippen LogP contribution in [0.5, 0.6) is 0 Å². The highest BCUT2D eigenvalue weighted by Gasteiger charge is 2.40. The molecule has 3 heteroatoms. The molecule has 3 aromatic rings. The number of nitriles is 1. The quantitative estimate of drug-likeness (QED) is 0.415. The molecule has 0 unspecified atom stereocenters. The molecule has 0 aliphatic heterocycles. The number of ether oxygens (including phenoxy) is 1. The summed E-state index contributed by atoms with van der Waals surface area (Å²) < 4.78 is 5.75. The van der Waals surface area contributed by atoms with Gasteiger partial charge in [0.1, 0.15) is 0 Å². The Kier molecular flexibility index (Phi) is 4.40. The highest BCUT2D eigenvalue weighted by molar-refractivity contribution is 5.86. The normalized spacial score (nSPS) is 10.6. The second-order valence-corrected chi connectivity index (χ2v) is 5.28. The number of hydrogen-bond acceptors (Lipinski definition) is 3. The van der Waals surface area contributed by atoms with Gasteiger partial charge in [0.05, 0.1) is 0 Å². The fourth-order valence-electron chi connectivity index (χ4n) is 2.86. The van der Waals surface area contributed by atoms with Crippen LogP contribution in [-0.2, 0) is 15.1 Å². The molecule has 0 amide bonds. The van der Waals surface area contributed by atoms with E-state index in [4.69, 9.17) is 10.00 Å². The van der Waals surface area contributed by atoms with Crippen LogP contribution in [0.15, 0.2) is 91.0 Å². The van der Waals surface area contributed by atoms with Crippen molar-refractivity contribution in [2.75, 3.05) is 0 Å². The van der Waals surface area contributed by atoms with Crippen molar-refractivity contribution in [1.29, 1.82) is 5.26 Å². The topological polar surface area (TPSA) is 50.1 Å². The number of rotatable bonds is 4. The summed E-state index contributed by atoms with van der Waals surface area (Å²) in [6.45, 7) is 0. The fourth-order valence-corrected chi connectivity index (χ4v) is 2.86. The molecular formula is C21H15NO2. The minimum absolute atomic E-state index is 0.783. The molecule has 0 aromatic heterocycles. The number of carbonyl (C=O) groups is 1. The molecule has 0 saturated heterocycles. The Morgan fingerprint density at radius 3 is 1.33 bits per heavy atom. The van der Waals surface area contributed by atoms with Crippen LogP contribution in [0.3, 0.4) is 0 Å². The average Bonchev–Trinajstić information content (AvgIpc) is 2.68. The standard InChI is InChI=1S/C21H15NO2/c22-16-20(23)24-21(17-10-4-1-5-11-17,18-12-6-2-7-13-18)19-14-8-3-9-15-19/h1-15H. The molecule has 3 aromatic carbocycles. The van der Waals surface area contributed by atoms with Crippen molar-refractivity contribution in [3.8, 4) is 6.07 Å². The summed E-state index contributed by atoms with van der Waals surface area (Å²) in [4.78, 5) is 12.0. The first kappa shape index (κ1) is 15.5. The Morgan fingerprint density at radius 2 is 1.04 bits per heavy atom. The number of carbonyl (C=O) groups excluding carboxylic acids is 1. The highest BCUT2D eigenvalue weighted by atomic mass is 16.6. The van der Waals surface area contributed by atoms with Gasteiger partial charge in [-0.2, -0.15) is 5.26 Å². The number of esters is 1. The molecule has 0 aliphatic rings. The van der Waals surface area contributed by atoms with E-state index in [0.29, 0.717) is 0 Å². The van der Waals surface area contributed by atoms with E-state index in [1.165, 1.54) is 0 Å². The molecule has 0 N–H and O–H groups in total. The maximum absolute atomic E-state index is 12.0. The zero-order valence-corrected chi connectivity index (χ0v) is 12.9. The third-order valence-corrected chi connectivity index (χ3v) is 3.88. The van der Waals surface area contributed by atoms with Crippen LogP contribution in [-0.4, -0.2) is 5.97 Å². The first-order valence-electron chi connectivity index (χ1n) is 7.57. The monoisotopic (exact) mass is 313 g/mol. The molecule has 0 aliphatic carbocycles. The Balaban J connectivity index is 2.33. The first-order valence-corrected chi connectivity index (χ1v) is 7.57. The molecule has 0 spiro atoms. The van der Waals surface area contributed by atoms with E-state index in [-0.39, 0.29) is 0 Å². The van der Waals surface area contributed by atoms with Crippen molar-refractivity contribution in [2.24, 2.45) is 0 Å². The smallest absolute Gasteiger partial charge is 0.412 e. The van der Waals surface area contributed by atoms with Gasteiger partial charge in [-0.3, -0.25) is 0 Å². The maximum Gasteiger partial charge on any atom is 0.412 e. The lowest BCUT2D eigenvalue weighted by Crippen LogP contribution is -2.34. The molecule has 3 rings (SSSR count). The number of nitrogens with zero attached hydrogens (tertiary/aromatic N) is 1. The minimum atomic E-state index is -1.17. The Morgan fingerprint density at radius 1 is 0.708 bits per heavy atom. The van der Waals surface area contributed by atoms with E-state index in [0.717, 1.165) is 16.7 Å².